The molecule has 28 heavy (non-hydrogen) atoms. The van der Waals surface area contributed by atoms with E-state index in [1.807, 2.05) is 24.3 Å². The molecule has 0 aliphatic carbocycles. The van der Waals surface area contributed by atoms with E-state index < -0.39 is 0 Å². The summed E-state index contributed by atoms with van der Waals surface area (Å²) in [5, 5.41) is 6.74. The van der Waals surface area contributed by atoms with Crippen LogP contribution in [0.4, 0.5) is 0 Å². The monoisotopic (exact) mass is 380 g/mol. The van der Waals surface area contributed by atoms with Crippen LogP contribution >= 0.6 is 0 Å². The van der Waals surface area contributed by atoms with Crippen molar-refractivity contribution in [2.45, 2.75) is 13.2 Å². The standard InChI is InChI=1S/C20H26B2N2O4/c1-3-7-19-17(5-1)15-27-21(19)25-13-11-23-9-10-24-12-14-26-22-20-8-4-2-6-18(20)16-28-22/h1-8,23-24H,9-16H2. The molecule has 0 saturated carbocycles. The van der Waals surface area contributed by atoms with Gasteiger partial charge in [-0.3, -0.25) is 0 Å². The summed E-state index contributed by atoms with van der Waals surface area (Å²) in [4.78, 5) is 0. The van der Waals surface area contributed by atoms with Crippen molar-refractivity contribution in [2.24, 2.45) is 0 Å². The minimum atomic E-state index is -0.226. The highest BCUT2D eigenvalue weighted by Gasteiger charge is 2.30. The predicted octanol–water partition coefficient (Wildman–Crippen LogP) is 0.0500. The van der Waals surface area contributed by atoms with Crippen LogP contribution in [0.5, 0.6) is 0 Å². The Kier molecular flexibility index (Phi) is 7.16. The van der Waals surface area contributed by atoms with Crippen molar-refractivity contribution >= 4 is 25.2 Å². The van der Waals surface area contributed by atoms with E-state index in [4.69, 9.17) is 18.6 Å². The Hall–Kier alpha value is -1.67. The minimum Gasteiger partial charge on any atom is -0.406 e. The molecule has 0 saturated heterocycles. The van der Waals surface area contributed by atoms with Gasteiger partial charge in [-0.2, -0.15) is 0 Å². The molecule has 2 N–H and O–H groups in total. The molecule has 0 atom stereocenters. The maximum atomic E-state index is 5.82. The molecule has 0 aromatic heterocycles. The van der Waals surface area contributed by atoms with E-state index in [9.17, 15) is 0 Å². The number of hydrogen-bond donors (Lipinski definition) is 2. The topological polar surface area (TPSA) is 61.0 Å². The molecule has 2 aliphatic rings. The van der Waals surface area contributed by atoms with Crippen molar-refractivity contribution in [3.63, 3.8) is 0 Å². The Morgan fingerprint density at radius 1 is 0.679 bits per heavy atom. The first-order valence-corrected chi connectivity index (χ1v) is 9.95. The second-order valence-electron chi connectivity index (χ2n) is 6.93. The number of rotatable bonds is 11. The van der Waals surface area contributed by atoms with E-state index in [0.717, 1.165) is 37.1 Å². The van der Waals surface area contributed by atoms with Crippen LogP contribution in [0, 0.1) is 0 Å². The third-order valence-corrected chi connectivity index (χ3v) is 4.97. The van der Waals surface area contributed by atoms with Gasteiger partial charge in [-0.05, 0) is 22.1 Å². The molecule has 2 heterocycles. The lowest BCUT2D eigenvalue weighted by atomic mass is 9.79. The zero-order valence-electron chi connectivity index (χ0n) is 16.1. The zero-order chi connectivity index (χ0) is 19.0. The fourth-order valence-electron chi connectivity index (χ4n) is 3.48. The third-order valence-electron chi connectivity index (χ3n) is 4.97. The van der Waals surface area contributed by atoms with Crippen molar-refractivity contribution < 1.29 is 18.6 Å². The Bertz CT molecular complexity index is 701. The van der Waals surface area contributed by atoms with Crippen LogP contribution in [0.2, 0.25) is 0 Å². The summed E-state index contributed by atoms with van der Waals surface area (Å²) < 4.78 is 23.0. The molecule has 8 heteroatoms. The first-order valence-electron chi connectivity index (χ1n) is 9.95. The van der Waals surface area contributed by atoms with E-state index in [1.165, 1.54) is 11.1 Å². The smallest absolute Gasteiger partial charge is 0.406 e. The Morgan fingerprint density at radius 3 is 1.64 bits per heavy atom. The van der Waals surface area contributed by atoms with E-state index >= 15 is 0 Å². The normalized spacial score (nSPS) is 15.1. The van der Waals surface area contributed by atoms with Gasteiger partial charge in [0.05, 0.1) is 13.2 Å². The molecule has 0 radical (unpaired) electrons. The van der Waals surface area contributed by atoms with Gasteiger partial charge in [-0.1, -0.05) is 48.5 Å². The highest BCUT2D eigenvalue weighted by Crippen LogP contribution is 2.11. The summed E-state index contributed by atoms with van der Waals surface area (Å²) in [6.07, 6.45) is 0. The quantitative estimate of drug-likeness (QED) is 0.425. The van der Waals surface area contributed by atoms with Gasteiger partial charge in [0, 0.05) is 39.4 Å². The van der Waals surface area contributed by atoms with Gasteiger partial charge in [0.25, 0.3) is 0 Å². The molecule has 2 aliphatic heterocycles. The number of nitrogens with one attached hydrogen (secondary N) is 2. The van der Waals surface area contributed by atoms with Crippen LogP contribution in [0.1, 0.15) is 11.1 Å². The highest BCUT2D eigenvalue weighted by molar-refractivity contribution is 6.63. The Morgan fingerprint density at radius 2 is 1.14 bits per heavy atom. The van der Waals surface area contributed by atoms with Crippen LogP contribution < -0.4 is 21.6 Å². The fourth-order valence-corrected chi connectivity index (χ4v) is 3.48. The largest absolute Gasteiger partial charge is 0.494 e. The van der Waals surface area contributed by atoms with Gasteiger partial charge in [0.2, 0.25) is 0 Å². The average molecular weight is 380 g/mol. The Labute approximate surface area is 167 Å². The third kappa shape index (κ3) is 5.03. The second-order valence-corrected chi connectivity index (χ2v) is 6.93. The fraction of sp³-hybridized carbons (Fsp3) is 0.400. The van der Waals surface area contributed by atoms with Crippen molar-refractivity contribution in [3.8, 4) is 0 Å². The van der Waals surface area contributed by atoms with Crippen molar-refractivity contribution in [2.75, 3.05) is 39.4 Å². The summed E-state index contributed by atoms with van der Waals surface area (Å²) in [6, 6.07) is 16.4. The van der Waals surface area contributed by atoms with E-state index in [2.05, 4.69) is 34.9 Å². The highest BCUT2D eigenvalue weighted by atomic mass is 16.6. The molecule has 0 spiro atoms. The minimum absolute atomic E-state index is 0.226. The van der Waals surface area contributed by atoms with Gasteiger partial charge in [-0.15, -0.1) is 0 Å². The molecule has 4 rings (SSSR count). The zero-order valence-corrected chi connectivity index (χ0v) is 16.1. The number of benzene rings is 2. The molecule has 146 valence electrons. The average Bonchev–Trinajstić information content (AvgIpc) is 3.34. The van der Waals surface area contributed by atoms with Gasteiger partial charge in [0.15, 0.2) is 0 Å². The van der Waals surface area contributed by atoms with Crippen LogP contribution in [-0.4, -0.2) is 53.6 Å². The van der Waals surface area contributed by atoms with Gasteiger partial charge in [-0.25, -0.2) is 0 Å². The van der Waals surface area contributed by atoms with Crippen LogP contribution in [-0.2, 0) is 31.8 Å². The molecular weight excluding hydrogens is 354 g/mol. The Balaban J connectivity index is 1.00. The predicted molar refractivity (Wildman–Crippen MR) is 111 cm³/mol. The lowest BCUT2D eigenvalue weighted by Gasteiger charge is -2.11. The van der Waals surface area contributed by atoms with E-state index in [-0.39, 0.29) is 14.2 Å². The molecule has 0 unspecified atom stereocenters. The lowest BCUT2D eigenvalue weighted by molar-refractivity contribution is 0.209. The molecule has 2 aromatic carbocycles. The first-order chi connectivity index (χ1) is 13.9. The number of hydrogen-bond acceptors (Lipinski definition) is 6. The van der Waals surface area contributed by atoms with Gasteiger partial charge in [0.1, 0.15) is 0 Å². The van der Waals surface area contributed by atoms with Gasteiger partial charge < -0.3 is 29.3 Å². The van der Waals surface area contributed by atoms with E-state index in [0.29, 0.717) is 26.4 Å². The first kappa shape index (κ1) is 19.6. The lowest BCUT2D eigenvalue weighted by Crippen LogP contribution is -2.37. The SMILES string of the molecule is c1ccc2c(c1)COB2OCCNCCNCCOB1OCc2ccccc21. The summed E-state index contributed by atoms with van der Waals surface area (Å²) in [6.45, 7) is 5.89. The summed E-state index contributed by atoms with van der Waals surface area (Å²) >= 11 is 0. The molecular formula is C20H26B2N2O4. The maximum Gasteiger partial charge on any atom is 0.494 e. The summed E-state index contributed by atoms with van der Waals surface area (Å²) in [5.74, 6) is 0. The van der Waals surface area contributed by atoms with Gasteiger partial charge >= 0.3 is 14.2 Å². The second kappa shape index (κ2) is 10.2. The van der Waals surface area contributed by atoms with Crippen LogP contribution in [0.3, 0.4) is 0 Å². The van der Waals surface area contributed by atoms with Crippen molar-refractivity contribution in [3.05, 3.63) is 59.7 Å². The number of fused-ring (bicyclic) bond motifs is 2. The molecule has 0 fully saturated rings. The molecule has 0 amide bonds. The maximum absolute atomic E-state index is 5.82. The molecule has 0 bridgehead atoms. The van der Waals surface area contributed by atoms with Crippen LogP contribution in [0.25, 0.3) is 0 Å². The van der Waals surface area contributed by atoms with Crippen molar-refractivity contribution in [1.82, 2.24) is 10.6 Å². The summed E-state index contributed by atoms with van der Waals surface area (Å²) in [7, 11) is -0.451. The van der Waals surface area contributed by atoms with Crippen LogP contribution in [0.15, 0.2) is 48.5 Å². The molecule has 2 aromatic rings. The summed E-state index contributed by atoms with van der Waals surface area (Å²) in [5.41, 5.74) is 4.74. The van der Waals surface area contributed by atoms with Crippen molar-refractivity contribution in [1.29, 1.82) is 0 Å². The molecule has 6 nitrogen and oxygen atoms in total. The van der Waals surface area contributed by atoms with E-state index in [1.54, 1.807) is 0 Å².